The van der Waals surface area contributed by atoms with Gasteiger partial charge in [-0.05, 0) is 43.6 Å². The molecule has 0 amide bonds. The zero-order valence-corrected chi connectivity index (χ0v) is 13.6. The molecule has 1 saturated heterocycles. The van der Waals surface area contributed by atoms with E-state index in [0.717, 1.165) is 37.1 Å². The second kappa shape index (κ2) is 5.83. The lowest BCUT2D eigenvalue weighted by molar-refractivity contribution is 0.382. The molecular weight excluding hydrogens is 260 g/mol. The molecule has 0 unspecified atom stereocenters. The third kappa shape index (κ3) is 3.51. The van der Waals surface area contributed by atoms with Crippen LogP contribution in [0.4, 0.5) is 0 Å². The van der Waals surface area contributed by atoms with E-state index in [1.807, 2.05) is 0 Å². The van der Waals surface area contributed by atoms with Crippen LogP contribution in [0.15, 0.2) is 24.3 Å². The average Bonchev–Trinajstić information content (AvgIpc) is 2.46. The van der Waals surface area contributed by atoms with Gasteiger partial charge in [0, 0.05) is 5.56 Å². The van der Waals surface area contributed by atoms with Gasteiger partial charge in [0.25, 0.3) is 0 Å². The zero-order chi connectivity index (χ0) is 14.6. The van der Waals surface area contributed by atoms with Crippen molar-refractivity contribution >= 4 is 8.07 Å². The van der Waals surface area contributed by atoms with E-state index in [2.05, 4.69) is 66.8 Å². The van der Waals surface area contributed by atoms with Gasteiger partial charge in [0.2, 0.25) is 0 Å². The Morgan fingerprint density at radius 2 is 1.70 bits per heavy atom. The number of piperidine rings is 1. The Morgan fingerprint density at radius 3 is 2.20 bits per heavy atom. The highest BCUT2D eigenvalue weighted by atomic mass is 28.3. The maximum Gasteiger partial charge on any atom is 0.129 e. The summed E-state index contributed by atoms with van der Waals surface area (Å²) in [6.07, 6.45) is 1.78. The van der Waals surface area contributed by atoms with Crippen molar-refractivity contribution in [2.24, 2.45) is 0 Å². The summed E-state index contributed by atoms with van der Waals surface area (Å²) in [5.41, 5.74) is 5.26. The molecule has 1 aliphatic heterocycles. The summed E-state index contributed by atoms with van der Waals surface area (Å²) in [5.74, 6) is 3.26. The van der Waals surface area contributed by atoms with E-state index in [0.29, 0.717) is 0 Å². The molecule has 1 N–H and O–H groups in total. The Morgan fingerprint density at radius 1 is 1.10 bits per heavy atom. The fourth-order valence-corrected chi connectivity index (χ4v) is 2.97. The molecule has 2 rings (SSSR count). The van der Waals surface area contributed by atoms with Crippen LogP contribution in [0.1, 0.15) is 24.0 Å². The molecule has 0 aliphatic carbocycles. The van der Waals surface area contributed by atoms with Gasteiger partial charge in [-0.15, -0.1) is 5.54 Å². The molecule has 0 spiro atoms. The first-order chi connectivity index (χ1) is 9.45. The highest BCUT2D eigenvalue weighted by molar-refractivity contribution is 6.83. The van der Waals surface area contributed by atoms with Gasteiger partial charge < -0.3 is 5.32 Å². The fourth-order valence-electron chi connectivity index (χ4n) is 2.45. The summed E-state index contributed by atoms with van der Waals surface area (Å²) >= 11 is 0. The molecule has 1 heterocycles. The van der Waals surface area contributed by atoms with Crippen LogP contribution in [0, 0.1) is 22.8 Å². The monoisotopic (exact) mass is 282 g/mol. The highest BCUT2D eigenvalue weighted by Crippen LogP contribution is 2.32. The quantitative estimate of drug-likeness (QED) is 0.635. The van der Waals surface area contributed by atoms with E-state index < -0.39 is 8.07 Å². The normalized spacial score (nSPS) is 17.7. The molecule has 104 valence electrons. The first-order valence-corrected chi connectivity index (χ1v) is 10.7. The maximum absolute atomic E-state index is 9.57. The SMILES string of the molecule is C[Si](C)(C)C#Cc1ccc(C2(C#N)CCNCC2)cc1. The summed E-state index contributed by atoms with van der Waals surface area (Å²) in [4.78, 5) is 0. The molecule has 0 aromatic heterocycles. The van der Waals surface area contributed by atoms with E-state index in [-0.39, 0.29) is 5.41 Å². The molecule has 2 nitrogen and oxygen atoms in total. The Bertz CT molecular complexity index is 558. The van der Waals surface area contributed by atoms with Crippen molar-refractivity contribution in [3.05, 3.63) is 35.4 Å². The van der Waals surface area contributed by atoms with E-state index in [1.165, 1.54) is 0 Å². The lowest BCUT2D eigenvalue weighted by Crippen LogP contribution is -2.38. The number of rotatable bonds is 1. The zero-order valence-electron chi connectivity index (χ0n) is 12.6. The second-order valence-electron chi connectivity index (χ2n) is 6.52. The van der Waals surface area contributed by atoms with E-state index in [9.17, 15) is 5.26 Å². The van der Waals surface area contributed by atoms with Crippen LogP contribution in [-0.2, 0) is 5.41 Å². The van der Waals surface area contributed by atoms with Gasteiger partial charge in [-0.25, -0.2) is 0 Å². The van der Waals surface area contributed by atoms with Crippen LogP contribution >= 0.6 is 0 Å². The van der Waals surface area contributed by atoms with Crippen LogP contribution in [0.2, 0.25) is 19.6 Å². The third-order valence-electron chi connectivity index (χ3n) is 3.69. The number of hydrogen-bond acceptors (Lipinski definition) is 2. The largest absolute Gasteiger partial charge is 0.317 e. The molecule has 1 aromatic rings. The number of nitrogens with one attached hydrogen (secondary N) is 1. The molecule has 1 aliphatic rings. The molecule has 0 saturated carbocycles. The molecule has 3 heteroatoms. The topological polar surface area (TPSA) is 35.8 Å². The first-order valence-electron chi connectivity index (χ1n) is 7.21. The van der Waals surface area contributed by atoms with Gasteiger partial charge >= 0.3 is 0 Å². The van der Waals surface area contributed by atoms with Crippen molar-refractivity contribution < 1.29 is 0 Å². The van der Waals surface area contributed by atoms with Crippen molar-refractivity contribution in [1.82, 2.24) is 5.32 Å². The molecule has 0 atom stereocenters. The number of benzene rings is 1. The van der Waals surface area contributed by atoms with Crippen LogP contribution < -0.4 is 5.32 Å². The lowest BCUT2D eigenvalue weighted by Gasteiger charge is -2.31. The van der Waals surface area contributed by atoms with E-state index >= 15 is 0 Å². The predicted octanol–water partition coefficient (Wildman–Crippen LogP) is 3.06. The van der Waals surface area contributed by atoms with E-state index in [4.69, 9.17) is 0 Å². The highest BCUT2D eigenvalue weighted by Gasteiger charge is 2.33. The number of nitriles is 1. The van der Waals surface area contributed by atoms with Crippen LogP contribution in [0.5, 0.6) is 0 Å². The van der Waals surface area contributed by atoms with Gasteiger partial charge in [0.05, 0.1) is 11.5 Å². The number of hydrogen-bond donors (Lipinski definition) is 1. The number of nitrogens with zero attached hydrogens (tertiary/aromatic N) is 1. The molecule has 1 aromatic carbocycles. The van der Waals surface area contributed by atoms with Crippen LogP contribution in [0.25, 0.3) is 0 Å². The summed E-state index contributed by atoms with van der Waals surface area (Å²) in [7, 11) is -1.33. The minimum Gasteiger partial charge on any atom is -0.317 e. The summed E-state index contributed by atoms with van der Waals surface area (Å²) in [6.45, 7) is 8.58. The summed E-state index contributed by atoms with van der Waals surface area (Å²) in [6, 6.07) is 10.8. The van der Waals surface area contributed by atoms with Crippen LogP contribution in [0.3, 0.4) is 0 Å². The predicted molar refractivity (Wildman–Crippen MR) is 86.1 cm³/mol. The van der Waals surface area contributed by atoms with Crippen molar-refractivity contribution in [3.8, 4) is 17.5 Å². The van der Waals surface area contributed by atoms with Crippen molar-refractivity contribution in [2.45, 2.75) is 37.9 Å². The molecule has 0 bridgehead atoms. The molecule has 20 heavy (non-hydrogen) atoms. The molecule has 0 radical (unpaired) electrons. The Kier molecular flexibility index (Phi) is 4.33. The first kappa shape index (κ1) is 14.8. The lowest BCUT2D eigenvalue weighted by atomic mass is 9.74. The van der Waals surface area contributed by atoms with Crippen LogP contribution in [-0.4, -0.2) is 21.2 Å². The van der Waals surface area contributed by atoms with Crippen molar-refractivity contribution in [3.63, 3.8) is 0 Å². The fraction of sp³-hybridized carbons (Fsp3) is 0.471. The van der Waals surface area contributed by atoms with E-state index in [1.54, 1.807) is 0 Å². The summed E-state index contributed by atoms with van der Waals surface area (Å²) in [5, 5.41) is 12.9. The Balaban J connectivity index is 2.23. The van der Waals surface area contributed by atoms with Gasteiger partial charge in [0.15, 0.2) is 0 Å². The summed E-state index contributed by atoms with van der Waals surface area (Å²) < 4.78 is 0. The average molecular weight is 282 g/mol. The smallest absolute Gasteiger partial charge is 0.129 e. The van der Waals surface area contributed by atoms with Gasteiger partial charge in [-0.3, -0.25) is 0 Å². The van der Waals surface area contributed by atoms with Gasteiger partial charge in [-0.2, -0.15) is 5.26 Å². The third-order valence-corrected chi connectivity index (χ3v) is 4.57. The van der Waals surface area contributed by atoms with Crippen molar-refractivity contribution in [1.29, 1.82) is 5.26 Å². The van der Waals surface area contributed by atoms with Gasteiger partial charge in [-0.1, -0.05) is 37.7 Å². The van der Waals surface area contributed by atoms with Crippen molar-refractivity contribution in [2.75, 3.05) is 13.1 Å². The second-order valence-corrected chi connectivity index (χ2v) is 11.3. The van der Waals surface area contributed by atoms with Gasteiger partial charge in [0.1, 0.15) is 8.07 Å². The Hall–Kier alpha value is -1.55. The standard InChI is InChI=1S/C17H22N2Si/c1-20(2,3)13-8-15-4-6-16(7-5-15)17(14-18)9-11-19-12-10-17/h4-7,19H,9-12H2,1-3H3. The Labute approximate surface area is 123 Å². The maximum atomic E-state index is 9.57. The minimum atomic E-state index is -1.33. The minimum absolute atomic E-state index is 0.310. The molecular formula is C17H22N2Si. The molecule has 1 fully saturated rings.